The molecule has 1 heterocycles. The molecule has 0 saturated carbocycles. The van der Waals surface area contributed by atoms with Crippen LogP contribution < -0.4 is 0 Å². The van der Waals surface area contributed by atoms with Crippen molar-refractivity contribution in [3.8, 4) is 11.8 Å². The van der Waals surface area contributed by atoms with Gasteiger partial charge in [0.25, 0.3) is 0 Å². The number of imidazole rings is 1. The maximum Gasteiger partial charge on any atom is 0.115 e. The van der Waals surface area contributed by atoms with E-state index in [1.165, 1.54) is 0 Å². The smallest absolute Gasteiger partial charge is 0.115 e. The number of aryl methyl sites for hydroxylation is 1. The van der Waals surface area contributed by atoms with Crippen molar-refractivity contribution < 1.29 is 0 Å². The number of rotatable bonds is 3. The molecule has 5 heteroatoms. The van der Waals surface area contributed by atoms with E-state index in [0.717, 1.165) is 27.0 Å². The number of benzene rings is 2. The van der Waals surface area contributed by atoms with Crippen LogP contribution >= 0.6 is 27.5 Å². The lowest BCUT2D eigenvalue weighted by molar-refractivity contribution is 0.912. The maximum atomic E-state index is 9.24. The van der Waals surface area contributed by atoms with Gasteiger partial charge in [0.1, 0.15) is 17.4 Å². The second-order valence-corrected chi connectivity index (χ2v) is 5.86. The quantitative estimate of drug-likeness (QED) is 0.648. The van der Waals surface area contributed by atoms with E-state index in [9.17, 15) is 5.26 Å². The Morgan fingerprint density at radius 1 is 1.19 bits per heavy atom. The van der Waals surface area contributed by atoms with Crippen molar-refractivity contribution in [3.05, 3.63) is 58.3 Å². The van der Waals surface area contributed by atoms with Crippen LogP contribution in [0.1, 0.15) is 11.4 Å². The summed E-state index contributed by atoms with van der Waals surface area (Å²) in [5, 5.41) is 9.24. The second kappa shape index (κ2) is 5.88. The van der Waals surface area contributed by atoms with Crippen molar-refractivity contribution in [2.24, 2.45) is 0 Å². The van der Waals surface area contributed by atoms with Gasteiger partial charge in [0.2, 0.25) is 0 Å². The molecule has 0 aliphatic rings. The van der Waals surface area contributed by atoms with Crippen molar-refractivity contribution in [2.75, 3.05) is 5.88 Å². The van der Waals surface area contributed by atoms with Crippen molar-refractivity contribution in [1.82, 2.24) is 9.55 Å². The van der Waals surface area contributed by atoms with Crippen molar-refractivity contribution >= 4 is 38.6 Å². The summed E-state index contributed by atoms with van der Waals surface area (Å²) in [6, 6.07) is 15.8. The number of nitrogens with zero attached hydrogens (tertiary/aromatic N) is 3. The third-order valence-corrected chi connectivity index (χ3v) is 4.00. The molecule has 3 nitrogen and oxygen atoms in total. The zero-order valence-electron chi connectivity index (χ0n) is 11.1. The number of alkyl halides is 1. The van der Waals surface area contributed by atoms with Crippen LogP contribution in [0, 0.1) is 11.3 Å². The number of hydrogen-bond donors (Lipinski definition) is 0. The fourth-order valence-electron chi connectivity index (χ4n) is 2.37. The Morgan fingerprint density at radius 3 is 2.62 bits per heavy atom. The first kappa shape index (κ1) is 14.1. The molecule has 1 aromatic heterocycles. The first-order valence-corrected chi connectivity index (χ1v) is 7.79. The lowest BCUT2D eigenvalue weighted by atomic mass is 10.2. The summed E-state index contributed by atoms with van der Waals surface area (Å²) in [5.74, 6) is 1.35. The predicted octanol–water partition coefficient (Wildman–Crippen LogP) is 4.44. The van der Waals surface area contributed by atoms with E-state index in [0.29, 0.717) is 17.9 Å². The molecule has 2 aromatic carbocycles. The molecular weight excluding hydrogens is 350 g/mol. The average Bonchev–Trinajstić information content (AvgIpc) is 2.86. The lowest BCUT2D eigenvalue weighted by Gasteiger charge is -2.08. The van der Waals surface area contributed by atoms with Crippen LogP contribution in [-0.4, -0.2) is 15.4 Å². The molecule has 3 aromatic rings. The predicted molar refractivity (Wildman–Crippen MR) is 87.9 cm³/mol. The standard InChI is InChI=1S/C16H11BrClN3/c17-12-4-6-13(7-5-12)21-14-3-1-2-11(10-19)16(14)20-15(21)8-9-18/h1-7H,8-9H2. The van der Waals surface area contributed by atoms with Gasteiger partial charge in [-0.1, -0.05) is 22.0 Å². The molecule has 21 heavy (non-hydrogen) atoms. The highest BCUT2D eigenvalue weighted by Gasteiger charge is 2.14. The highest BCUT2D eigenvalue weighted by atomic mass is 79.9. The first-order valence-electron chi connectivity index (χ1n) is 6.47. The number of para-hydroxylation sites is 1. The molecule has 0 spiro atoms. The second-order valence-electron chi connectivity index (χ2n) is 4.56. The largest absolute Gasteiger partial charge is 0.296 e. The van der Waals surface area contributed by atoms with E-state index in [-0.39, 0.29) is 0 Å². The van der Waals surface area contributed by atoms with Gasteiger partial charge in [0, 0.05) is 22.5 Å². The molecule has 104 valence electrons. The van der Waals surface area contributed by atoms with E-state index >= 15 is 0 Å². The van der Waals surface area contributed by atoms with Crippen molar-refractivity contribution in [2.45, 2.75) is 6.42 Å². The molecule has 0 N–H and O–H groups in total. The summed E-state index contributed by atoms with van der Waals surface area (Å²) in [7, 11) is 0. The number of aromatic nitrogens is 2. The summed E-state index contributed by atoms with van der Waals surface area (Å²) < 4.78 is 3.08. The van der Waals surface area contributed by atoms with Crippen molar-refractivity contribution in [3.63, 3.8) is 0 Å². The van der Waals surface area contributed by atoms with Gasteiger partial charge in [-0.25, -0.2) is 4.98 Å². The molecule has 0 radical (unpaired) electrons. The Bertz CT molecular complexity index is 831. The minimum atomic E-state index is 0.488. The molecule has 0 aliphatic carbocycles. The molecule has 0 atom stereocenters. The molecular formula is C16H11BrClN3. The Kier molecular flexibility index (Phi) is 3.96. The van der Waals surface area contributed by atoms with E-state index in [4.69, 9.17) is 11.6 Å². The Balaban J connectivity index is 2.31. The van der Waals surface area contributed by atoms with Gasteiger partial charge in [-0.15, -0.1) is 11.6 Å². The fraction of sp³-hybridized carbons (Fsp3) is 0.125. The number of halogens is 2. The van der Waals surface area contributed by atoms with Gasteiger partial charge in [-0.05, 0) is 36.4 Å². The van der Waals surface area contributed by atoms with Gasteiger partial charge >= 0.3 is 0 Å². The number of nitriles is 1. The molecule has 0 amide bonds. The van der Waals surface area contributed by atoms with E-state index in [2.05, 4.69) is 31.6 Å². The minimum Gasteiger partial charge on any atom is -0.296 e. The maximum absolute atomic E-state index is 9.24. The Labute approximate surface area is 135 Å². The third-order valence-electron chi connectivity index (χ3n) is 3.28. The normalized spacial score (nSPS) is 10.7. The molecule has 3 rings (SSSR count). The Hall–Kier alpha value is -1.83. The number of fused-ring (bicyclic) bond motifs is 1. The summed E-state index contributed by atoms with van der Waals surface area (Å²) >= 11 is 9.34. The highest BCUT2D eigenvalue weighted by Crippen LogP contribution is 2.25. The molecule has 0 saturated heterocycles. The van der Waals surface area contributed by atoms with Gasteiger partial charge in [0.15, 0.2) is 0 Å². The van der Waals surface area contributed by atoms with Crippen LogP contribution in [0.4, 0.5) is 0 Å². The van der Waals surface area contributed by atoms with Crippen LogP contribution in [0.25, 0.3) is 16.7 Å². The van der Waals surface area contributed by atoms with Crippen LogP contribution in [0.15, 0.2) is 46.9 Å². The van der Waals surface area contributed by atoms with Gasteiger partial charge in [-0.2, -0.15) is 5.26 Å². The summed E-state index contributed by atoms with van der Waals surface area (Å²) in [4.78, 5) is 4.62. The minimum absolute atomic E-state index is 0.488. The van der Waals surface area contributed by atoms with Gasteiger partial charge < -0.3 is 0 Å². The van der Waals surface area contributed by atoms with Gasteiger partial charge in [-0.3, -0.25) is 4.57 Å². The Morgan fingerprint density at radius 2 is 1.95 bits per heavy atom. The average molecular weight is 361 g/mol. The number of hydrogen-bond acceptors (Lipinski definition) is 2. The van der Waals surface area contributed by atoms with E-state index in [1.807, 2.05) is 36.4 Å². The van der Waals surface area contributed by atoms with E-state index in [1.54, 1.807) is 6.07 Å². The van der Waals surface area contributed by atoms with Crippen LogP contribution in [0.2, 0.25) is 0 Å². The zero-order chi connectivity index (χ0) is 14.8. The summed E-state index contributed by atoms with van der Waals surface area (Å²) in [5.41, 5.74) is 3.25. The van der Waals surface area contributed by atoms with Crippen LogP contribution in [-0.2, 0) is 6.42 Å². The van der Waals surface area contributed by atoms with Crippen molar-refractivity contribution in [1.29, 1.82) is 5.26 Å². The zero-order valence-corrected chi connectivity index (χ0v) is 13.4. The lowest BCUT2D eigenvalue weighted by Crippen LogP contribution is -2.01. The fourth-order valence-corrected chi connectivity index (χ4v) is 2.80. The van der Waals surface area contributed by atoms with E-state index < -0.39 is 0 Å². The molecule has 0 fully saturated rings. The molecule has 0 bridgehead atoms. The monoisotopic (exact) mass is 359 g/mol. The van der Waals surface area contributed by atoms with Crippen LogP contribution in [0.5, 0.6) is 0 Å². The third kappa shape index (κ3) is 2.55. The van der Waals surface area contributed by atoms with Gasteiger partial charge in [0.05, 0.1) is 11.1 Å². The molecule has 0 aliphatic heterocycles. The van der Waals surface area contributed by atoms with Crippen LogP contribution in [0.3, 0.4) is 0 Å². The summed E-state index contributed by atoms with van der Waals surface area (Å²) in [6.07, 6.45) is 0.650. The SMILES string of the molecule is N#Cc1cccc2c1nc(CCCl)n2-c1ccc(Br)cc1. The molecule has 0 unspecified atom stereocenters. The highest BCUT2D eigenvalue weighted by molar-refractivity contribution is 9.10. The first-order chi connectivity index (χ1) is 10.2. The topological polar surface area (TPSA) is 41.6 Å². The summed E-state index contributed by atoms with van der Waals surface area (Å²) in [6.45, 7) is 0.